The average Bonchev–Trinajstić information content (AvgIpc) is 3.27. The number of aromatic nitrogens is 2. The molecule has 6 heteroatoms. The summed E-state index contributed by atoms with van der Waals surface area (Å²) in [5.41, 5.74) is 2.06. The normalized spacial score (nSPS) is 14.1. The van der Waals surface area contributed by atoms with Gasteiger partial charge in [-0.3, -0.25) is 4.79 Å². The average molecular weight is 313 g/mol. The maximum absolute atomic E-state index is 12.4. The fraction of sp³-hybridized carbons (Fsp3) is 0.250. The summed E-state index contributed by atoms with van der Waals surface area (Å²) in [6.45, 7) is 2.02. The van der Waals surface area contributed by atoms with E-state index in [4.69, 9.17) is 4.42 Å². The van der Waals surface area contributed by atoms with Gasteiger partial charge in [0.1, 0.15) is 11.5 Å². The molecule has 0 fully saturated rings. The highest BCUT2D eigenvalue weighted by Crippen LogP contribution is 2.24. The monoisotopic (exact) mass is 313 g/mol. The van der Waals surface area contributed by atoms with E-state index in [1.165, 1.54) is 0 Å². The standard InChI is InChI=1S/C16H15N3O2S/c20-16(8-12-3-7-22-11-12)18-4-5-19-13(9-17-15(19)10-18)14-2-1-6-21-14/h1-3,6-7,9,11H,4-5,8,10H2. The molecular formula is C16H15N3O2S. The van der Waals surface area contributed by atoms with Crippen molar-refractivity contribution in [3.63, 3.8) is 0 Å². The van der Waals surface area contributed by atoms with E-state index >= 15 is 0 Å². The number of imidazole rings is 1. The third-order valence-electron chi connectivity index (χ3n) is 3.93. The first kappa shape index (κ1) is 13.3. The number of hydrogen-bond donors (Lipinski definition) is 0. The van der Waals surface area contributed by atoms with Gasteiger partial charge < -0.3 is 13.9 Å². The van der Waals surface area contributed by atoms with Gasteiger partial charge in [0.15, 0.2) is 5.76 Å². The molecule has 0 unspecified atom stereocenters. The molecule has 1 aliphatic heterocycles. The minimum absolute atomic E-state index is 0.159. The summed E-state index contributed by atoms with van der Waals surface area (Å²) in [6.07, 6.45) is 3.95. The molecule has 0 bridgehead atoms. The zero-order chi connectivity index (χ0) is 14.9. The minimum Gasteiger partial charge on any atom is -0.463 e. The quantitative estimate of drug-likeness (QED) is 0.747. The van der Waals surface area contributed by atoms with Crippen LogP contribution in [0.1, 0.15) is 11.4 Å². The highest BCUT2D eigenvalue weighted by molar-refractivity contribution is 7.07. The van der Waals surface area contributed by atoms with E-state index in [1.54, 1.807) is 17.6 Å². The lowest BCUT2D eigenvalue weighted by Crippen LogP contribution is -2.39. The second-order valence-electron chi connectivity index (χ2n) is 5.31. The van der Waals surface area contributed by atoms with Crippen molar-refractivity contribution in [1.29, 1.82) is 0 Å². The van der Waals surface area contributed by atoms with Crippen LogP contribution in [-0.4, -0.2) is 26.9 Å². The Morgan fingerprint density at radius 3 is 3.09 bits per heavy atom. The summed E-state index contributed by atoms with van der Waals surface area (Å²) in [7, 11) is 0. The van der Waals surface area contributed by atoms with E-state index in [2.05, 4.69) is 9.55 Å². The van der Waals surface area contributed by atoms with Crippen LogP contribution >= 0.6 is 11.3 Å². The first-order chi connectivity index (χ1) is 10.8. The van der Waals surface area contributed by atoms with Gasteiger partial charge >= 0.3 is 0 Å². The molecule has 0 saturated carbocycles. The van der Waals surface area contributed by atoms with Gasteiger partial charge in [0, 0.05) is 13.1 Å². The van der Waals surface area contributed by atoms with E-state index in [0.717, 1.165) is 29.4 Å². The van der Waals surface area contributed by atoms with Crippen molar-refractivity contribution in [2.24, 2.45) is 0 Å². The Morgan fingerprint density at radius 2 is 2.32 bits per heavy atom. The molecular weight excluding hydrogens is 298 g/mol. The number of amides is 1. The lowest BCUT2D eigenvalue weighted by Gasteiger charge is -2.28. The lowest BCUT2D eigenvalue weighted by atomic mass is 10.2. The van der Waals surface area contributed by atoms with E-state index in [0.29, 0.717) is 19.5 Å². The maximum Gasteiger partial charge on any atom is 0.227 e. The van der Waals surface area contributed by atoms with E-state index in [9.17, 15) is 4.79 Å². The molecule has 0 aromatic carbocycles. The van der Waals surface area contributed by atoms with Crippen LogP contribution < -0.4 is 0 Å². The molecule has 0 aliphatic carbocycles. The van der Waals surface area contributed by atoms with Crippen molar-refractivity contribution in [2.75, 3.05) is 6.54 Å². The molecule has 5 nitrogen and oxygen atoms in total. The number of nitrogens with zero attached hydrogens (tertiary/aromatic N) is 3. The topological polar surface area (TPSA) is 51.3 Å². The second kappa shape index (κ2) is 5.46. The molecule has 22 heavy (non-hydrogen) atoms. The molecule has 3 aromatic rings. The molecule has 1 aliphatic rings. The molecule has 0 spiro atoms. The molecule has 0 radical (unpaired) electrons. The zero-order valence-electron chi connectivity index (χ0n) is 11.9. The van der Waals surface area contributed by atoms with Gasteiger partial charge in [-0.15, -0.1) is 0 Å². The van der Waals surface area contributed by atoms with Crippen LogP contribution in [0.5, 0.6) is 0 Å². The third kappa shape index (κ3) is 2.35. The van der Waals surface area contributed by atoms with Gasteiger partial charge in [-0.25, -0.2) is 4.98 Å². The predicted octanol–water partition coefficient (Wildman–Crippen LogP) is 2.79. The molecule has 112 valence electrons. The van der Waals surface area contributed by atoms with Crippen molar-refractivity contribution >= 4 is 17.2 Å². The highest BCUT2D eigenvalue weighted by atomic mass is 32.1. The number of rotatable bonds is 3. The van der Waals surface area contributed by atoms with Crippen molar-refractivity contribution in [3.8, 4) is 11.5 Å². The summed E-state index contributed by atoms with van der Waals surface area (Å²) in [4.78, 5) is 18.7. The summed E-state index contributed by atoms with van der Waals surface area (Å²) in [6, 6.07) is 5.80. The van der Waals surface area contributed by atoms with Crippen molar-refractivity contribution < 1.29 is 9.21 Å². The van der Waals surface area contributed by atoms with E-state index in [1.807, 2.05) is 40.1 Å². The van der Waals surface area contributed by atoms with E-state index < -0.39 is 0 Å². The SMILES string of the molecule is O=C(Cc1ccsc1)N1CCn2c(-c3ccco3)cnc2C1. The van der Waals surface area contributed by atoms with Crippen LogP contribution in [0.2, 0.25) is 0 Å². The number of hydrogen-bond acceptors (Lipinski definition) is 4. The lowest BCUT2D eigenvalue weighted by molar-refractivity contribution is -0.131. The molecule has 3 aromatic heterocycles. The maximum atomic E-state index is 12.4. The van der Waals surface area contributed by atoms with Gasteiger partial charge in [0.25, 0.3) is 0 Å². The van der Waals surface area contributed by atoms with Gasteiger partial charge in [-0.1, -0.05) is 0 Å². The van der Waals surface area contributed by atoms with Crippen LogP contribution in [-0.2, 0) is 24.3 Å². The predicted molar refractivity (Wildman–Crippen MR) is 83.4 cm³/mol. The van der Waals surface area contributed by atoms with Gasteiger partial charge in [-0.05, 0) is 34.5 Å². The van der Waals surface area contributed by atoms with Crippen molar-refractivity contribution in [1.82, 2.24) is 14.5 Å². The first-order valence-corrected chi connectivity index (χ1v) is 8.12. The van der Waals surface area contributed by atoms with Crippen LogP contribution in [0.25, 0.3) is 11.5 Å². The van der Waals surface area contributed by atoms with E-state index in [-0.39, 0.29) is 5.91 Å². The molecule has 0 saturated heterocycles. The highest BCUT2D eigenvalue weighted by Gasteiger charge is 2.24. The Kier molecular flexibility index (Phi) is 3.31. The zero-order valence-corrected chi connectivity index (χ0v) is 12.8. The Bertz CT molecular complexity index is 775. The van der Waals surface area contributed by atoms with Crippen LogP contribution in [0.3, 0.4) is 0 Å². The van der Waals surface area contributed by atoms with Crippen LogP contribution in [0.4, 0.5) is 0 Å². The number of furan rings is 1. The molecule has 0 atom stereocenters. The van der Waals surface area contributed by atoms with Gasteiger partial charge in [-0.2, -0.15) is 11.3 Å². The summed E-state index contributed by atoms with van der Waals surface area (Å²) in [5.74, 6) is 1.89. The number of fused-ring (bicyclic) bond motifs is 1. The van der Waals surface area contributed by atoms with Crippen molar-refractivity contribution in [2.45, 2.75) is 19.5 Å². The fourth-order valence-electron chi connectivity index (χ4n) is 2.77. The summed E-state index contributed by atoms with van der Waals surface area (Å²) in [5, 5.41) is 4.03. The van der Waals surface area contributed by atoms with Crippen LogP contribution in [0.15, 0.2) is 45.8 Å². The smallest absolute Gasteiger partial charge is 0.227 e. The Hall–Kier alpha value is -2.34. The summed E-state index contributed by atoms with van der Waals surface area (Å²) >= 11 is 1.62. The Labute approximate surface area is 131 Å². The summed E-state index contributed by atoms with van der Waals surface area (Å²) < 4.78 is 7.58. The molecule has 4 rings (SSSR count). The van der Waals surface area contributed by atoms with Crippen LogP contribution in [0, 0.1) is 0 Å². The Balaban J connectivity index is 1.52. The van der Waals surface area contributed by atoms with Gasteiger partial charge in [0.05, 0.1) is 25.4 Å². The molecule has 0 N–H and O–H groups in total. The first-order valence-electron chi connectivity index (χ1n) is 7.18. The van der Waals surface area contributed by atoms with Gasteiger partial charge in [0.2, 0.25) is 5.91 Å². The third-order valence-corrected chi connectivity index (χ3v) is 4.66. The number of thiophene rings is 1. The minimum atomic E-state index is 0.159. The molecule has 4 heterocycles. The largest absolute Gasteiger partial charge is 0.463 e. The molecule has 1 amide bonds. The number of carbonyl (C=O) groups is 1. The fourth-order valence-corrected chi connectivity index (χ4v) is 3.44. The van der Waals surface area contributed by atoms with Crippen molar-refractivity contribution in [3.05, 3.63) is 52.8 Å². The Morgan fingerprint density at radius 1 is 1.36 bits per heavy atom. The second-order valence-corrected chi connectivity index (χ2v) is 6.09. The number of carbonyl (C=O) groups excluding carboxylic acids is 1.